The first kappa shape index (κ1) is 26.2. The first-order chi connectivity index (χ1) is 17.2. The van der Waals surface area contributed by atoms with Crippen LogP contribution in [0.4, 0.5) is 5.95 Å². The van der Waals surface area contributed by atoms with E-state index < -0.39 is 10.0 Å². The Kier molecular flexibility index (Phi) is 8.07. The number of rotatable bonds is 9. The molecule has 0 unspecified atom stereocenters. The average molecular weight is 513 g/mol. The number of pyridine rings is 1. The van der Waals surface area contributed by atoms with E-state index in [-0.39, 0.29) is 10.5 Å². The van der Waals surface area contributed by atoms with Crippen molar-refractivity contribution in [2.75, 3.05) is 38.5 Å². The van der Waals surface area contributed by atoms with Gasteiger partial charge in [0.05, 0.1) is 4.90 Å². The molecule has 1 aliphatic rings. The normalized spacial score (nSPS) is 15.4. The Bertz CT molecular complexity index is 1390. The van der Waals surface area contributed by atoms with E-state index in [2.05, 4.69) is 32.0 Å². The summed E-state index contributed by atoms with van der Waals surface area (Å²) in [6.07, 6.45) is 5.26. The van der Waals surface area contributed by atoms with Crippen LogP contribution in [0, 0.1) is 12.8 Å². The van der Waals surface area contributed by atoms with Crippen LogP contribution in [0.1, 0.15) is 38.7 Å². The molecule has 9 nitrogen and oxygen atoms in total. The Morgan fingerprint density at radius 3 is 2.53 bits per heavy atom. The van der Waals surface area contributed by atoms with Crippen LogP contribution >= 0.6 is 0 Å². The van der Waals surface area contributed by atoms with E-state index in [0.29, 0.717) is 47.3 Å². The summed E-state index contributed by atoms with van der Waals surface area (Å²) in [7, 11) is -1.41. The molecule has 1 fully saturated rings. The predicted molar refractivity (Wildman–Crippen MR) is 144 cm³/mol. The van der Waals surface area contributed by atoms with Crippen LogP contribution < -0.4 is 15.6 Å². The molecule has 1 aromatic carbocycles. The van der Waals surface area contributed by atoms with Crippen LogP contribution in [0.25, 0.3) is 22.2 Å². The van der Waals surface area contributed by atoms with E-state index in [1.165, 1.54) is 18.9 Å². The number of benzene rings is 1. The molecular weight excluding hydrogens is 476 g/mol. The number of aromatic nitrogens is 3. The number of aryl methyl sites for hydroxylation is 2. The highest BCUT2D eigenvalue weighted by Crippen LogP contribution is 2.26. The zero-order valence-corrected chi connectivity index (χ0v) is 22.4. The van der Waals surface area contributed by atoms with Gasteiger partial charge in [0.15, 0.2) is 0 Å². The molecule has 0 radical (unpaired) electrons. The molecule has 3 heterocycles. The lowest BCUT2D eigenvalue weighted by Gasteiger charge is -2.28. The van der Waals surface area contributed by atoms with Gasteiger partial charge in [0.1, 0.15) is 5.65 Å². The van der Waals surface area contributed by atoms with E-state index in [0.717, 1.165) is 31.4 Å². The van der Waals surface area contributed by atoms with E-state index in [4.69, 9.17) is 0 Å². The summed E-state index contributed by atoms with van der Waals surface area (Å²) in [5.41, 5.74) is 2.33. The molecule has 2 N–H and O–H groups in total. The Morgan fingerprint density at radius 1 is 1.11 bits per heavy atom. The van der Waals surface area contributed by atoms with Crippen molar-refractivity contribution < 1.29 is 8.42 Å². The van der Waals surface area contributed by atoms with Crippen molar-refractivity contribution in [3.63, 3.8) is 0 Å². The van der Waals surface area contributed by atoms with E-state index in [1.807, 2.05) is 13.8 Å². The van der Waals surface area contributed by atoms with Crippen molar-refractivity contribution in [3.8, 4) is 11.1 Å². The van der Waals surface area contributed by atoms with Crippen LogP contribution in [0.15, 0.2) is 40.2 Å². The lowest BCUT2D eigenvalue weighted by molar-refractivity contribution is 0.215. The molecule has 194 valence electrons. The number of piperidine rings is 1. The van der Waals surface area contributed by atoms with E-state index in [9.17, 15) is 13.2 Å². The van der Waals surface area contributed by atoms with Gasteiger partial charge in [0, 0.05) is 36.8 Å². The minimum absolute atomic E-state index is 0.161. The van der Waals surface area contributed by atoms with Gasteiger partial charge in [-0.2, -0.15) is 4.98 Å². The van der Waals surface area contributed by atoms with E-state index in [1.54, 1.807) is 35.9 Å². The standard InChI is InChI=1S/C26H36N6O3S/c1-5-29-36(34,35)21-7-8-22(18(3)15-21)23-16-20-17-28-26(30-24(20)32(6-2)25(23)33)27-12-9-19-10-13-31(4)14-11-19/h7-8,15-17,19,29H,5-6,9-14H2,1-4H3,(H,27,28,30). The van der Waals surface area contributed by atoms with Gasteiger partial charge in [-0.15, -0.1) is 0 Å². The molecule has 10 heteroatoms. The van der Waals surface area contributed by atoms with Crippen LogP contribution in [0.2, 0.25) is 0 Å². The second kappa shape index (κ2) is 11.1. The smallest absolute Gasteiger partial charge is 0.260 e. The summed E-state index contributed by atoms with van der Waals surface area (Å²) in [5.74, 6) is 1.24. The summed E-state index contributed by atoms with van der Waals surface area (Å²) in [6.45, 7) is 9.33. The monoisotopic (exact) mass is 512 g/mol. The van der Waals surface area contributed by atoms with Gasteiger partial charge in [-0.1, -0.05) is 13.0 Å². The summed E-state index contributed by atoms with van der Waals surface area (Å²) >= 11 is 0. The second-order valence-corrected chi connectivity index (χ2v) is 11.3. The Morgan fingerprint density at radius 2 is 1.86 bits per heavy atom. The molecule has 0 spiro atoms. The second-order valence-electron chi connectivity index (χ2n) is 9.52. The Labute approximate surface area is 213 Å². The summed E-state index contributed by atoms with van der Waals surface area (Å²) < 4.78 is 28.9. The van der Waals surface area contributed by atoms with Crippen molar-refractivity contribution in [1.29, 1.82) is 0 Å². The predicted octanol–water partition coefficient (Wildman–Crippen LogP) is 3.23. The third-order valence-corrected chi connectivity index (χ3v) is 8.49. The quantitative estimate of drug-likeness (QED) is 0.453. The number of sulfonamides is 1. The maximum atomic E-state index is 13.5. The fourth-order valence-corrected chi connectivity index (χ4v) is 5.97. The number of hydrogen-bond donors (Lipinski definition) is 2. The van der Waals surface area contributed by atoms with E-state index >= 15 is 0 Å². The van der Waals surface area contributed by atoms with Gasteiger partial charge in [-0.05, 0) is 88.5 Å². The Hall–Kier alpha value is -2.82. The van der Waals surface area contributed by atoms with Crippen molar-refractivity contribution in [2.24, 2.45) is 5.92 Å². The lowest BCUT2D eigenvalue weighted by atomic mass is 9.94. The van der Waals surface area contributed by atoms with Crippen molar-refractivity contribution in [3.05, 3.63) is 46.4 Å². The minimum atomic E-state index is -3.57. The molecule has 0 saturated carbocycles. The molecule has 3 aromatic rings. The fraction of sp³-hybridized carbons (Fsp3) is 0.500. The van der Waals surface area contributed by atoms with Gasteiger partial charge in [0.2, 0.25) is 16.0 Å². The maximum Gasteiger partial charge on any atom is 0.260 e. The number of anilines is 1. The van der Waals surface area contributed by atoms with Gasteiger partial charge < -0.3 is 10.2 Å². The summed E-state index contributed by atoms with van der Waals surface area (Å²) in [4.78, 5) is 25.2. The number of fused-ring (bicyclic) bond motifs is 1. The minimum Gasteiger partial charge on any atom is -0.354 e. The van der Waals surface area contributed by atoms with Crippen molar-refractivity contribution >= 4 is 27.0 Å². The molecule has 4 rings (SSSR count). The largest absolute Gasteiger partial charge is 0.354 e. The number of hydrogen-bond acceptors (Lipinski definition) is 7. The molecule has 0 bridgehead atoms. The SMILES string of the molecule is CCNS(=O)(=O)c1ccc(-c2cc3cnc(NCCC4CCN(C)CC4)nc3n(CC)c2=O)c(C)c1. The first-order valence-electron chi connectivity index (χ1n) is 12.7. The van der Waals surface area contributed by atoms with Crippen molar-refractivity contribution in [1.82, 2.24) is 24.2 Å². The summed E-state index contributed by atoms with van der Waals surface area (Å²) in [6, 6.07) is 6.63. The lowest BCUT2D eigenvalue weighted by Crippen LogP contribution is -2.31. The molecule has 0 amide bonds. The van der Waals surface area contributed by atoms with Crippen LogP contribution in [-0.4, -0.2) is 61.1 Å². The third kappa shape index (κ3) is 5.61. The highest BCUT2D eigenvalue weighted by Gasteiger charge is 2.19. The molecular formula is C26H36N6O3S. The van der Waals surface area contributed by atoms with Crippen molar-refractivity contribution in [2.45, 2.75) is 51.5 Å². The maximum absolute atomic E-state index is 13.5. The van der Waals surface area contributed by atoms with Gasteiger partial charge in [-0.3, -0.25) is 9.36 Å². The molecule has 36 heavy (non-hydrogen) atoms. The van der Waals surface area contributed by atoms with Gasteiger partial charge in [-0.25, -0.2) is 18.1 Å². The molecule has 0 aliphatic carbocycles. The van der Waals surface area contributed by atoms with Crippen LogP contribution in [0.5, 0.6) is 0 Å². The van der Waals surface area contributed by atoms with Gasteiger partial charge >= 0.3 is 0 Å². The number of nitrogens with zero attached hydrogens (tertiary/aromatic N) is 4. The Balaban J connectivity index is 1.60. The average Bonchev–Trinajstić information content (AvgIpc) is 2.85. The van der Waals surface area contributed by atoms with Crippen LogP contribution in [-0.2, 0) is 16.6 Å². The molecule has 1 aliphatic heterocycles. The number of likely N-dealkylation sites (tertiary alicyclic amines) is 1. The zero-order chi connectivity index (χ0) is 25.9. The van der Waals surface area contributed by atoms with Gasteiger partial charge in [0.25, 0.3) is 5.56 Å². The van der Waals surface area contributed by atoms with Crippen LogP contribution in [0.3, 0.4) is 0 Å². The topological polar surface area (TPSA) is 109 Å². The highest BCUT2D eigenvalue weighted by atomic mass is 32.2. The first-order valence-corrected chi connectivity index (χ1v) is 14.2. The zero-order valence-electron chi connectivity index (χ0n) is 21.5. The summed E-state index contributed by atoms with van der Waals surface area (Å²) in [5, 5.41) is 4.10. The molecule has 1 saturated heterocycles. The number of nitrogens with one attached hydrogen (secondary N) is 2. The molecule has 0 atom stereocenters. The third-order valence-electron chi connectivity index (χ3n) is 6.95. The molecule has 2 aromatic heterocycles. The fourth-order valence-electron chi connectivity index (χ4n) is 4.85. The highest BCUT2D eigenvalue weighted by molar-refractivity contribution is 7.89.